The van der Waals surface area contributed by atoms with Gasteiger partial charge in [0, 0.05) is 11.7 Å². The Balaban J connectivity index is 1.98. The summed E-state index contributed by atoms with van der Waals surface area (Å²) in [6, 6.07) is 1.93. The molecule has 1 N–H and O–H groups in total. The van der Waals surface area contributed by atoms with Crippen molar-refractivity contribution in [2.24, 2.45) is 0 Å². The minimum Gasteiger partial charge on any atom is -0.346 e. The van der Waals surface area contributed by atoms with Crippen molar-refractivity contribution >= 4 is 5.91 Å². The van der Waals surface area contributed by atoms with Gasteiger partial charge in [-0.15, -0.1) is 0 Å². The maximum atomic E-state index is 11.9. The summed E-state index contributed by atoms with van der Waals surface area (Å²) in [4.78, 5) is 11.9. The van der Waals surface area contributed by atoms with Gasteiger partial charge in [-0.1, -0.05) is 5.16 Å². The van der Waals surface area contributed by atoms with Crippen molar-refractivity contribution in [3.05, 3.63) is 28.8 Å². The van der Waals surface area contributed by atoms with E-state index in [1.54, 1.807) is 6.92 Å². The van der Waals surface area contributed by atoms with Gasteiger partial charge in [0.1, 0.15) is 5.69 Å². The molecule has 0 aliphatic rings. The molecule has 1 amide bonds. The first-order valence-electron chi connectivity index (χ1n) is 6.08. The van der Waals surface area contributed by atoms with E-state index in [-0.39, 0.29) is 17.6 Å². The molecule has 0 radical (unpaired) electrons. The fourth-order valence-electron chi connectivity index (χ4n) is 1.89. The number of nitrogens with zero attached hydrogens (tertiary/aromatic N) is 4. The Kier molecular flexibility index (Phi) is 3.64. The number of carbonyl (C=O) groups is 1. The van der Waals surface area contributed by atoms with E-state index in [0.29, 0.717) is 12.2 Å². The minimum atomic E-state index is -0.284. The second-order valence-electron chi connectivity index (χ2n) is 4.68. The zero-order valence-corrected chi connectivity index (χ0v) is 11.5. The van der Waals surface area contributed by atoms with Crippen molar-refractivity contribution in [2.75, 3.05) is 0 Å². The first kappa shape index (κ1) is 13.3. The number of aryl methyl sites for hydroxylation is 3. The third-order valence-electron chi connectivity index (χ3n) is 2.80. The smallest absolute Gasteiger partial charge is 0.275 e. The van der Waals surface area contributed by atoms with Crippen LogP contribution < -0.4 is 5.32 Å². The predicted octanol–water partition coefficient (Wildman–Crippen LogP) is 1.01. The molecule has 0 aliphatic heterocycles. The van der Waals surface area contributed by atoms with Gasteiger partial charge in [-0.2, -0.15) is 5.10 Å². The second-order valence-corrected chi connectivity index (χ2v) is 4.68. The van der Waals surface area contributed by atoms with Crippen molar-refractivity contribution < 1.29 is 9.42 Å². The molecule has 0 unspecified atom stereocenters. The van der Waals surface area contributed by atoms with Gasteiger partial charge in [0.15, 0.2) is 5.69 Å². The number of carbonyl (C=O) groups excluding carboxylic acids is 1. The van der Waals surface area contributed by atoms with Gasteiger partial charge in [-0.25, -0.2) is 4.63 Å². The predicted molar refractivity (Wildman–Crippen MR) is 67.7 cm³/mol. The van der Waals surface area contributed by atoms with Crippen LogP contribution in [-0.2, 0) is 6.54 Å². The Morgan fingerprint density at radius 2 is 2.16 bits per heavy atom. The fraction of sp³-hybridized carbons (Fsp3) is 0.500. The molecule has 2 aromatic rings. The zero-order valence-electron chi connectivity index (χ0n) is 11.5. The Morgan fingerprint density at radius 3 is 2.68 bits per heavy atom. The van der Waals surface area contributed by atoms with Crippen LogP contribution in [0.5, 0.6) is 0 Å². The largest absolute Gasteiger partial charge is 0.346 e. The van der Waals surface area contributed by atoms with E-state index in [1.807, 2.05) is 31.5 Å². The Morgan fingerprint density at radius 1 is 1.42 bits per heavy atom. The van der Waals surface area contributed by atoms with Gasteiger partial charge >= 0.3 is 0 Å². The zero-order chi connectivity index (χ0) is 14.0. The summed E-state index contributed by atoms with van der Waals surface area (Å²) in [5, 5.41) is 14.4. The average molecular weight is 263 g/mol. The van der Waals surface area contributed by atoms with Gasteiger partial charge in [-0.3, -0.25) is 9.48 Å². The van der Waals surface area contributed by atoms with E-state index < -0.39 is 0 Å². The highest BCUT2D eigenvalue weighted by Gasteiger charge is 2.17. The van der Waals surface area contributed by atoms with Crippen molar-refractivity contribution in [3.8, 4) is 0 Å². The van der Waals surface area contributed by atoms with Crippen LogP contribution >= 0.6 is 0 Å². The molecule has 19 heavy (non-hydrogen) atoms. The average Bonchev–Trinajstić information content (AvgIpc) is 2.85. The van der Waals surface area contributed by atoms with Crippen molar-refractivity contribution in [1.29, 1.82) is 0 Å². The van der Waals surface area contributed by atoms with E-state index in [0.717, 1.165) is 11.4 Å². The first-order chi connectivity index (χ1) is 8.97. The molecule has 7 nitrogen and oxygen atoms in total. The maximum absolute atomic E-state index is 11.9. The monoisotopic (exact) mass is 263 g/mol. The third kappa shape index (κ3) is 2.98. The molecule has 7 heteroatoms. The van der Waals surface area contributed by atoms with Crippen LogP contribution in [0.25, 0.3) is 0 Å². The molecule has 2 heterocycles. The van der Waals surface area contributed by atoms with E-state index in [2.05, 4.69) is 25.4 Å². The highest BCUT2D eigenvalue weighted by Crippen LogP contribution is 2.04. The molecule has 0 bridgehead atoms. The molecule has 0 spiro atoms. The molecular weight excluding hydrogens is 246 g/mol. The van der Waals surface area contributed by atoms with Gasteiger partial charge in [0.2, 0.25) is 0 Å². The van der Waals surface area contributed by atoms with Crippen molar-refractivity contribution in [2.45, 2.75) is 40.3 Å². The molecule has 2 aromatic heterocycles. The van der Waals surface area contributed by atoms with E-state index in [9.17, 15) is 4.79 Å². The van der Waals surface area contributed by atoms with Crippen molar-refractivity contribution in [3.63, 3.8) is 0 Å². The lowest BCUT2D eigenvalue weighted by atomic mass is 10.2. The number of rotatable bonds is 4. The molecule has 0 saturated heterocycles. The molecular formula is C12H17N5O2. The van der Waals surface area contributed by atoms with Crippen LogP contribution in [0, 0.1) is 20.8 Å². The van der Waals surface area contributed by atoms with Gasteiger partial charge in [0.25, 0.3) is 5.91 Å². The standard InChI is InChI=1S/C12H17N5O2/c1-7-5-9(3)17(14-7)6-8(2)13-12(18)11-10(4)15-19-16-11/h5,8H,6H2,1-4H3,(H,13,18)/t8-/m0/s1. The van der Waals surface area contributed by atoms with E-state index in [1.165, 1.54) is 0 Å². The van der Waals surface area contributed by atoms with Crippen LogP contribution in [0.4, 0.5) is 0 Å². The van der Waals surface area contributed by atoms with Gasteiger partial charge in [0.05, 0.1) is 12.2 Å². The van der Waals surface area contributed by atoms with E-state index in [4.69, 9.17) is 0 Å². The van der Waals surface area contributed by atoms with Crippen LogP contribution in [0.1, 0.15) is 34.5 Å². The van der Waals surface area contributed by atoms with Crippen LogP contribution in [-0.4, -0.2) is 32.0 Å². The molecule has 0 aliphatic carbocycles. The van der Waals surface area contributed by atoms with Crippen molar-refractivity contribution in [1.82, 2.24) is 25.4 Å². The number of nitrogens with one attached hydrogen (secondary N) is 1. The second kappa shape index (κ2) is 5.21. The number of hydrogen-bond donors (Lipinski definition) is 1. The molecule has 0 aromatic carbocycles. The van der Waals surface area contributed by atoms with Gasteiger partial charge in [-0.05, 0) is 38.9 Å². The molecule has 1 atom stereocenters. The summed E-state index contributed by atoms with van der Waals surface area (Å²) in [6.07, 6.45) is 0. The number of hydrogen-bond acceptors (Lipinski definition) is 5. The summed E-state index contributed by atoms with van der Waals surface area (Å²) < 4.78 is 6.38. The fourth-order valence-corrected chi connectivity index (χ4v) is 1.89. The molecule has 102 valence electrons. The summed E-state index contributed by atoms with van der Waals surface area (Å²) in [5.74, 6) is -0.284. The summed E-state index contributed by atoms with van der Waals surface area (Å²) in [6.45, 7) is 8.13. The number of aromatic nitrogens is 4. The molecule has 0 saturated carbocycles. The number of amides is 1. The Labute approximate surface area is 110 Å². The van der Waals surface area contributed by atoms with Crippen LogP contribution in [0.3, 0.4) is 0 Å². The lowest BCUT2D eigenvalue weighted by molar-refractivity contribution is 0.0925. The molecule has 2 rings (SSSR count). The SMILES string of the molecule is Cc1cc(C)n(C[C@H](C)NC(=O)c2nonc2C)n1. The Bertz CT molecular complexity index is 587. The van der Waals surface area contributed by atoms with E-state index >= 15 is 0 Å². The summed E-state index contributed by atoms with van der Waals surface area (Å²) in [7, 11) is 0. The quantitative estimate of drug-likeness (QED) is 0.889. The topological polar surface area (TPSA) is 85.8 Å². The summed E-state index contributed by atoms with van der Waals surface area (Å²) in [5.41, 5.74) is 2.74. The summed E-state index contributed by atoms with van der Waals surface area (Å²) >= 11 is 0. The third-order valence-corrected chi connectivity index (χ3v) is 2.80. The maximum Gasteiger partial charge on any atom is 0.275 e. The first-order valence-corrected chi connectivity index (χ1v) is 6.08. The highest BCUT2D eigenvalue weighted by atomic mass is 16.6. The van der Waals surface area contributed by atoms with Crippen LogP contribution in [0.2, 0.25) is 0 Å². The lowest BCUT2D eigenvalue weighted by Gasteiger charge is -2.14. The molecule has 0 fully saturated rings. The van der Waals surface area contributed by atoms with Gasteiger partial charge < -0.3 is 5.32 Å². The van der Waals surface area contributed by atoms with Crippen LogP contribution in [0.15, 0.2) is 10.7 Å². The highest BCUT2D eigenvalue weighted by molar-refractivity contribution is 5.93. The lowest BCUT2D eigenvalue weighted by Crippen LogP contribution is -2.36. The Hall–Kier alpha value is -2.18. The minimum absolute atomic E-state index is 0.0680. The normalized spacial score (nSPS) is 12.4.